The number of hydrogen-bond acceptors (Lipinski definition) is 4. The van der Waals surface area contributed by atoms with E-state index in [2.05, 4.69) is 4.98 Å². The van der Waals surface area contributed by atoms with Crippen molar-refractivity contribution in [3.05, 3.63) is 16.6 Å². The van der Waals surface area contributed by atoms with Gasteiger partial charge in [0.2, 0.25) is 5.91 Å². The highest BCUT2D eigenvalue weighted by Gasteiger charge is 2.40. The highest BCUT2D eigenvalue weighted by atomic mass is 32.1. The van der Waals surface area contributed by atoms with Crippen LogP contribution < -0.4 is 0 Å². The summed E-state index contributed by atoms with van der Waals surface area (Å²) in [5, 5.41) is 11.1. The topological polar surface area (TPSA) is 70.5 Å². The van der Waals surface area contributed by atoms with E-state index in [9.17, 15) is 14.7 Å². The van der Waals surface area contributed by atoms with E-state index in [0.29, 0.717) is 25.1 Å². The second-order valence-corrected chi connectivity index (χ2v) is 4.74. The average molecular weight is 254 g/mol. The highest BCUT2D eigenvalue weighted by Crippen LogP contribution is 2.36. The molecule has 0 saturated carbocycles. The first kappa shape index (κ1) is 12.0. The minimum atomic E-state index is -0.853. The Balaban J connectivity index is 2.36. The van der Waals surface area contributed by atoms with Gasteiger partial charge in [0.25, 0.3) is 0 Å². The summed E-state index contributed by atoms with van der Waals surface area (Å²) in [7, 11) is 0. The van der Waals surface area contributed by atoms with Gasteiger partial charge in [-0.3, -0.25) is 9.59 Å². The molecule has 1 aliphatic rings. The molecule has 5 nitrogen and oxygen atoms in total. The fourth-order valence-electron chi connectivity index (χ4n) is 2.32. The van der Waals surface area contributed by atoms with Crippen LogP contribution in [-0.4, -0.2) is 33.4 Å². The lowest BCUT2D eigenvalue weighted by molar-refractivity contribution is -0.152. The van der Waals surface area contributed by atoms with Crippen molar-refractivity contribution in [2.45, 2.75) is 25.8 Å². The molecule has 0 spiro atoms. The Hall–Kier alpha value is -1.43. The number of nitrogens with zero attached hydrogens (tertiary/aromatic N) is 2. The summed E-state index contributed by atoms with van der Waals surface area (Å²) in [5.74, 6) is -1.38. The standard InChI is InChI=1S/C11H14N2O3S/c1-2-13-9(14)4-3-7(11(15)16)10(13)8-5-17-6-12-8/h5-7,10H,2-4H2,1H3,(H,15,16). The van der Waals surface area contributed by atoms with E-state index in [-0.39, 0.29) is 5.91 Å². The molecule has 2 unspecified atom stereocenters. The van der Waals surface area contributed by atoms with Gasteiger partial charge in [-0.05, 0) is 13.3 Å². The molecule has 1 N–H and O–H groups in total. The first-order valence-corrected chi connectivity index (χ1v) is 6.49. The number of piperidine rings is 1. The van der Waals surface area contributed by atoms with Crippen molar-refractivity contribution in [1.29, 1.82) is 0 Å². The molecule has 1 saturated heterocycles. The molecule has 92 valence electrons. The summed E-state index contributed by atoms with van der Waals surface area (Å²) < 4.78 is 0. The maximum Gasteiger partial charge on any atom is 0.309 e. The fourth-order valence-corrected chi connectivity index (χ4v) is 2.90. The monoisotopic (exact) mass is 254 g/mol. The normalized spacial score (nSPS) is 25.0. The first-order chi connectivity index (χ1) is 8.15. The quantitative estimate of drug-likeness (QED) is 0.888. The zero-order chi connectivity index (χ0) is 12.4. The van der Waals surface area contributed by atoms with Crippen LogP contribution in [-0.2, 0) is 9.59 Å². The zero-order valence-corrected chi connectivity index (χ0v) is 10.3. The summed E-state index contributed by atoms with van der Waals surface area (Å²) >= 11 is 1.42. The van der Waals surface area contributed by atoms with Gasteiger partial charge in [-0.2, -0.15) is 0 Å². The van der Waals surface area contributed by atoms with E-state index >= 15 is 0 Å². The van der Waals surface area contributed by atoms with Crippen LogP contribution in [0.5, 0.6) is 0 Å². The van der Waals surface area contributed by atoms with E-state index < -0.39 is 17.9 Å². The third-order valence-electron chi connectivity index (χ3n) is 3.12. The van der Waals surface area contributed by atoms with Crippen molar-refractivity contribution in [2.75, 3.05) is 6.54 Å². The molecule has 1 amide bonds. The van der Waals surface area contributed by atoms with Crippen molar-refractivity contribution in [3.8, 4) is 0 Å². The number of amides is 1. The van der Waals surface area contributed by atoms with Gasteiger partial charge >= 0.3 is 5.97 Å². The lowest BCUT2D eigenvalue weighted by Gasteiger charge is -2.37. The van der Waals surface area contributed by atoms with Gasteiger partial charge in [0.15, 0.2) is 0 Å². The molecule has 1 fully saturated rings. The van der Waals surface area contributed by atoms with Crippen molar-refractivity contribution >= 4 is 23.2 Å². The van der Waals surface area contributed by atoms with E-state index in [1.165, 1.54) is 11.3 Å². The molecule has 6 heteroatoms. The molecule has 2 heterocycles. The molecule has 0 aliphatic carbocycles. The molecule has 0 radical (unpaired) electrons. The lowest BCUT2D eigenvalue weighted by Crippen LogP contribution is -2.45. The van der Waals surface area contributed by atoms with E-state index in [1.54, 1.807) is 10.4 Å². The van der Waals surface area contributed by atoms with Crippen LogP contribution >= 0.6 is 11.3 Å². The van der Waals surface area contributed by atoms with Crippen LogP contribution in [0.1, 0.15) is 31.5 Å². The Morgan fingerprint density at radius 1 is 1.71 bits per heavy atom. The molecule has 1 aromatic rings. The van der Waals surface area contributed by atoms with Gasteiger partial charge in [0.1, 0.15) is 0 Å². The second-order valence-electron chi connectivity index (χ2n) is 4.02. The molecular weight excluding hydrogens is 240 g/mol. The summed E-state index contributed by atoms with van der Waals surface area (Å²) in [6, 6.07) is -0.412. The predicted octanol–water partition coefficient (Wildman–Crippen LogP) is 1.53. The van der Waals surface area contributed by atoms with Crippen LogP contribution in [0, 0.1) is 5.92 Å². The molecule has 0 bridgehead atoms. The maximum absolute atomic E-state index is 11.8. The zero-order valence-electron chi connectivity index (χ0n) is 9.50. The number of carbonyl (C=O) groups excluding carboxylic acids is 1. The molecule has 17 heavy (non-hydrogen) atoms. The van der Waals surface area contributed by atoms with Crippen LogP contribution in [0.4, 0.5) is 0 Å². The van der Waals surface area contributed by atoms with Crippen LogP contribution in [0.2, 0.25) is 0 Å². The number of carboxylic acids is 1. The number of aromatic nitrogens is 1. The number of carbonyl (C=O) groups is 2. The minimum Gasteiger partial charge on any atom is -0.481 e. The smallest absolute Gasteiger partial charge is 0.309 e. The number of aliphatic carboxylic acids is 1. The van der Waals surface area contributed by atoms with E-state index in [1.807, 2.05) is 12.3 Å². The number of thiazole rings is 1. The van der Waals surface area contributed by atoms with Gasteiger partial charge in [-0.25, -0.2) is 4.98 Å². The van der Waals surface area contributed by atoms with Gasteiger partial charge in [0, 0.05) is 18.3 Å². The van der Waals surface area contributed by atoms with Crippen LogP contribution in [0.15, 0.2) is 10.9 Å². The number of carboxylic acid groups (broad SMARTS) is 1. The number of likely N-dealkylation sites (tertiary alicyclic amines) is 1. The predicted molar refractivity (Wildman–Crippen MR) is 62.6 cm³/mol. The van der Waals surface area contributed by atoms with E-state index in [0.717, 1.165) is 0 Å². The van der Waals surface area contributed by atoms with Crippen LogP contribution in [0.25, 0.3) is 0 Å². The Kier molecular flexibility index (Phi) is 3.42. The third-order valence-corrected chi connectivity index (χ3v) is 3.72. The summed E-state index contributed by atoms with van der Waals surface area (Å²) in [6.07, 6.45) is 0.707. The molecule has 1 aliphatic heterocycles. The lowest BCUT2D eigenvalue weighted by atomic mass is 9.87. The minimum absolute atomic E-state index is 0.0167. The Bertz CT molecular complexity index is 416. The van der Waals surface area contributed by atoms with Crippen molar-refractivity contribution in [3.63, 3.8) is 0 Å². The van der Waals surface area contributed by atoms with Crippen molar-refractivity contribution < 1.29 is 14.7 Å². The summed E-state index contributed by atoms with van der Waals surface area (Å²) in [4.78, 5) is 28.9. The number of hydrogen-bond donors (Lipinski definition) is 1. The van der Waals surface area contributed by atoms with Crippen molar-refractivity contribution in [2.24, 2.45) is 5.92 Å². The third kappa shape index (κ3) is 2.17. The second kappa shape index (κ2) is 4.83. The maximum atomic E-state index is 11.8. The highest BCUT2D eigenvalue weighted by molar-refractivity contribution is 7.07. The SMILES string of the molecule is CCN1C(=O)CCC(C(=O)O)C1c1cscn1. The average Bonchev–Trinajstić information content (AvgIpc) is 2.81. The van der Waals surface area contributed by atoms with E-state index in [4.69, 9.17) is 0 Å². The largest absolute Gasteiger partial charge is 0.481 e. The van der Waals surface area contributed by atoms with Crippen LogP contribution in [0.3, 0.4) is 0 Å². The van der Waals surface area contributed by atoms with Gasteiger partial charge in [-0.1, -0.05) is 0 Å². The van der Waals surface area contributed by atoms with Gasteiger partial charge in [-0.15, -0.1) is 11.3 Å². The first-order valence-electron chi connectivity index (χ1n) is 5.55. The fraction of sp³-hybridized carbons (Fsp3) is 0.545. The molecular formula is C11H14N2O3S. The Morgan fingerprint density at radius 2 is 2.47 bits per heavy atom. The molecule has 2 atom stereocenters. The molecule has 0 aromatic carbocycles. The summed E-state index contributed by atoms with van der Waals surface area (Å²) in [6.45, 7) is 2.38. The van der Waals surface area contributed by atoms with Gasteiger partial charge < -0.3 is 10.0 Å². The Labute approximate surface area is 103 Å². The van der Waals surface area contributed by atoms with Gasteiger partial charge in [0.05, 0.1) is 23.2 Å². The number of rotatable bonds is 3. The molecule has 1 aromatic heterocycles. The van der Waals surface area contributed by atoms with Crippen molar-refractivity contribution in [1.82, 2.24) is 9.88 Å². The Morgan fingerprint density at radius 3 is 3.00 bits per heavy atom. The molecule has 2 rings (SSSR count). The summed E-state index contributed by atoms with van der Waals surface area (Å²) in [5.41, 5.74) is 2.36.